The number of hydrogen-bond donors (Lipinski definition) is 1. The van der Waals surface area contributed by atoms with E-state index in [0.717, 1.165) is 36.0 Å². The monoisotopic (exact) mass is 276 g/mol. The van der Waals surface area contributed by atoms with E-state index >= 15 is 0 Å². The molecule has 4 atom stereocenters. The third-order valence-corrected chi connectivity index (χ3v) is 5.53. The van der Waals surface area contributed by atoms with Gasteiger partial charge in [-0.15, -0.1) is 10.2 Å². The van der Waals surface area contributed by atoms with Crippen LogP contribution in [0.5, 0.6) is 0 Å². The van der Waals surface area contributed by atoms with Crippen molar-refractivity contribution in [3.8, 4) is 0 Å². The van der Waals surface area contributed by atoms with Crippen LogP contribution < -0.4 is 0 Å². The Bertz CT molecular complexity index is 511. The maximum Gasteiger partial charge on any atom is 0.303 e. The summed E-state index contributed by atoms with van der Waals surface area (Å²) in [6, 6.07) is 0. The topological polar surface area (TPSA) is 76.2 Å². The van der Waals surface area contributed by atoms with Crippen LogP contribution in [0, 0.1) is 23.7 Å². The van der Waals surface area contributed by atoms with Crippen molar-refractivity contribution in [2.45, 2.75) is 50.9 Å². The van der Waals surface area contributed by atoms with E-state index in [1.54, 1.807) is 0 Å². The molecule has 0 aromatic carbocycles. The number of aryl methyl sites for hydroxylation is 1. The first-order chi connectivity index (χ1) is 9.74. The molecule has 4 unspecified atom stereocenters. The number of aliphatic carboxylic acids is 1. The van der Waals surface area contributed by atoms with Crippen molar-refractivity contribution in [1.29, 1.82) is 0 Å². The summed E-state index contributed by atoms with van der Waals surface area (Å²) in [5.41, 5.74) is 0. The first kappa shape index (κ1) is 12.4. The molecule has 2 bridgehead atoms. The zero-order valence-corrected chi connectivity index (χ0v) is 11.5. The lowest BCUT2D eigenvalue weighted by Crippen LogP contribution is -1.97. The quantitative estimate of drug-likeness (QED) is 0.808. The zero-order chi connectivity index (χ0) is 13.7. The third-order valence-electron chi connectivity index (χ3n) is 5.53. The fourth-order valence-electron chi connectivity index (χ4n) is 4.71. The predicted octanol–water partition coefficient (Wildman–Crippen LogP) is 2.63. The lowest BCUT2D eigenvalue weighted by atomic mass is 10.0. The minimum absolute atomic E-state index is 0.219. The molecule has 20 heavy (non-hydrogen) atoms. The summed E-state index contributed by atoms with van der Waals surface area (Å²) in [6.45, 7) is 0. The van der Waals surface area contributed by atoms with Gasteiger partial charge in [0.2, 0.25) is 11.8 Å². The van der Waals surface area contributed by atoms with Crippen molar-refractivity contribution < 1.29 is 14.3 Å². The summed E-state index contributed by atoms with van der Waals surface area (Å²) in [6.07, 6.45) is 6.63. The lowest BCUT2D eigenvalue weighted by Gasteiger charge is -2.04. The fourth-order valence-corrected chi connectivity index (χ4v) is 4.71. The van der Waals surface area contributed by atoms with Gasteiger partial charge in [0.1, 0.15) is 0 Å². The van der Waals surface area contributed by atoms with Crippen LogP contribution >= 0.6 is 0 Å². The molecule has 0 amide bonds. The Hall–Kier alpha value is -1.39. The molecule has 0 radical (unpaired) electrons. The van der Waals surface area contributed by atoms with Crippen LogP contribution in [0.1, 0.15) is 56.2 Å². The highest BCUT2D eigenvalue weighted by Crippen LogP contribution is 2.72. The van der Waals surface area contributed by atoms with Crippen LogP contribution in [0.4, 0.5) is 0 Å². The van der Waals surface area contributed by atoms with Gasteiger partial charge in [0, 0.05) is 18.8 Å². The van der Waals surface area contributed by atoms with Crippen LogP contribution in [-0.4, -0.2) is 21.3 Å². The van der Waals surface area contributed by atoms with Crippen molar-refractivity contribution in [2.75, 3.05) is 0 Å². The standard InChI is InChI=1S/C15H20N2O3/c18-11(19)4-2-1-3-10-16-17-15(20-10)14-12-8-5-6-9(7-8)13(12)14/h8-9,12-14H,1-7H2,(H,18,19). The second kappa shape index (κ2) is 4.57. The normalized spacial score (nSPS) is 37.1. The van der Waals surface area contributed by atoms with Crippen LogP contribution in [-0.2, 0) is 11.2 Å². The molecule has 108 valence electrons. The second-order valence-electron chi connectivity index (χ2n) is 6.65. The van der Waals surface area contributed by atoms with Crippen LogP contribution in [0.3, 0.4) is 0 Å². The van der Waals surface area contributed by atoms with Gasteiger partial charge in [0.15, 0.2) is 0 Å². The minimum Gasteiger partial charge on any atom is -0.481 e. The Balaban J connectivity index is 1.32. The molecular weight excluding hydrogens is 256 g/mol. The van der Waals surface area contributed by atoms with Crippen molar-refractivity contribution in [3.05, 3.63) is 11.8 Å². The molecule has 1 aromatic heterocycles. The summed E-state index contributed by atoms with van der Waals surface area (Å²) in [5.74, 6) is 4.83. The number of unbranched alkanes of at least 4 members (excludes halogenated alkanes) is 1. The fraction of sp³-hybridized carbons (Fsp3) is 0.800. The smallest absolute Gasteiger partial charge is 0.303 e. The number of carboxylic acids is 1. The van der Waals surface area contributed by atoms with E-state index in [1.807, 2.05) is 0 Å². The highest BCUT2D eigenvalue weighted by molar-refractivity contribution is 5.66. The largest absolute Gasteiger partial charge is 0.481 e. The molecule has 5 nitrogen and oxygen atoms in total. The number of aromatic nitrogens is 2. The van der Waals surface area contributed by atoms with Crippen molar-refractivity contribution in [2.24, 2.45) is 23.7 Å². The number of hydrogen-bond acceptors (Lipinski definition) is 4. The summed E-state index contributed by atoms with van der Waals surface area (Å²) >= 11 is 0. The summed E-state index contributed by atoms with van der Waals surface area (Å²) in [4.78, 5) is 10.4. The summed E-state index contributed by atoms with van der Waals surface area (Å²) in [7, 11) is 0. The summed E-state index contributed by atoms with van der Waals surface area (Å²) < 4.78 is 5.81. The van der Waals surface area contributed by atoms with E-state index in [0.29, 0.717) is 24.7 Å². The molecule has 3 aliphatic rings. The van der Waals surface area contributed by atoms with Crippen LogP contribution in [0.15, 0.2) is 4.42 Å². The van der Waals surface area contributed by atoms with E-state index in [9.17, 15) is 4.79 Å². The Labute approximate surface area is 117 Å². The molecule has 1 N–H and O–H groups in total. The minimum atomic E-state index is -0.738. The molecule has 0 spiro atoms. The molecule has 3 aliphatic carbocycles. The number of carboxylic acid groups (broad SMARTS) is 1. The molecule has 0 saturated heterocycles. The highest BCUT2D eigenvalue weighted by Gasteiger charge is 2.67. The number of rotatable bonds is 6. The van der Waals surface area contributed by atoms with E-state index < -0.39 is 5.97 Å². The van der Waals surface area contributed by atoms with Crippen molar-refractivity contribution in [1.82, 2.24) is 10.2 Å². The second-order valence-corrected chi connectivity index (χ2v) is 6.65. The molecule has 0 aliphatic heterocycles. The maximum atomic E-state index is 10.4. The van der Waals surface area contributed by atoms with Gasteiger partial charge in [-0.05, 0) is 55.8 Å². The van der Waals surface area contributed by atoms with E-state index in [4.69, 9.17) is 9.52 Å². The third kappa shape index (κ3) is 1.95. The Kier molecular flexibility index (Phi) is 2.82. The van der Waals surface area contributed by atoms with E-state index in [1.165, 1.54) is 19.3 Å². The first-order valence-electron chi connectivity index (χ1n) is 7.78. The maximum absolute atomic E-state index is 10.4. The number of carbonyl (C=O) groups is 1. The van der Waals surface area contributed by atoms with Crippen molar-refractivity contribution >= 4 is 5.97 Å². The van der Waals surface area contributed by atoms with Crippen molar-refractivity contribution in [3.63, 3.8) is 0 Å². The first-order valence-corrected chi connectivity index (χ1v) is 7.78. The molecule has 3 fully saturated rings. The van der Waals surface area contributed by atoms with Gasteiger partial charge in [0.25, 0.3) is 0 Å². The molecular formula is C15H20N2O3. The molecule has 1 aromatic rings. The van der Waals surface area contributed by atoms with Crippen LogP contribution in [0.25, 0.3) is 0 Å². The van der Waals surface area contributed by atoms with Crippen LogP contribution in [0.2, 0.25) is 0 Å². The average Bonchev–Trinajstić information content (AvgIpc) is 2.84. The van der Waals surface area contributed by atoms with Gasteiger partial charge in [-0.25, -0.2) is 0 Å². The van der Waals surface area contributed by atoms with Gasteiger partial charge in [-0.2, -0.15) is 0 Å². The molecule has 3 saturated carbocycles. The average molecular weight is 276 g/mol. The van der Waals surface area contributed by atoms with Gasteiger partial charge in [0.05, 0.1) is 0 Å². The van der Waals surface area contributed by atoms with Gasteiger partial charge in [-0.1, -0.05) is 0 Å². The van der Waals surface area contributed by atoms with E-state index in [2.05, 4.69) is 10.2 Å². The van der Waals surface area contributed by atoms with Gasteiger partial charge in [-0.3, -0.25) is 4.79 Å². The summed E-state index contributed by atoms with van der Waals surface area (Å²) in [5, 5.41) is 17.0. The lowest BCUT2D eigenvalue weighted by molar-refractivity contribution is -0.137. The molecule has 4 rings (SSSR count). The Morgan fingerprint density at radius 2 is 1.95 bits per heavy atom. The SMILES string of the molecule is O=C(O)CCCCc1nnc(C2C3C4CCC(C4)C23)o1. The van der Waals surface area contributed by atoms with Gasteiger partial charge >= 0.3 is 5.97 Å². The molecule has 1 heterocycles. The Morgan fingerprint density at radius 3 is 2.65 bits per heavy atom. The predicted molar refractivity (Wildman–Crippen MR) is 70.0 cm³/mol. The highest BCUT2D eigenvalue weighted by atomic mass is 16.4. The van der Waals surface area contributed by atoms with Gasteiger partial charge < -0.3 is 9.52 Å². The number of nitrogens with zero attached hydrogens (tertiary/aromatic N) is 2. The number of fused-ring (bicyclic) bond motifs is 5. The molecule has 5 heteroatoms. The zero-order valence-electron chi connectivity index (χ0n) is 11.5. The Morgan fingerprint density at radius 1 is 1.20 bits per heavy atom. The van der Waals surface area contributed by atoms with E-state index in [-0.39, 0.29) is 6.42 Å².